The Balaban J connectivity index is 2.11. The second-order valence-electron chi connectivity index (χ2n) is 5.03. The molecule has 1 unspecified atom stereocenters. The van der Waals surface area contributed by atoms with Crippen LogP contribution in [0.1, 0.15) is 12.0 Å². The Morgan fingerprint density at radius 2 is 2.17 bits per heavy atom. The van der Waals surface area contributed by atoms with Gasteiger partial charge in [-0.2, -0.15) is 0 Å². The molecule has 0 radical (unpaired) electrons. The predicted molar refractivity (Wildman–Crippen MR) is 79.2 cm³/mol. The zero-order valence-corrected chi connectivity index (χ0v) is 12.7. The van der Waals surface area contributed by atoms with Crippen molar-refractivity contribution in [3.63, 3.8) is 0 Å². The first-order valence-electron chi connectivity index (χ1n) is 6.44. The van der Waals surface area contributed by atoms with Gasteiger partial charge in [0.25, 0.3) is 0 Å². The Morgan fingerprint density at radius 3 is 2.83 bits per heavy atom. The monoisotopic (exact) mass is 312 g/mol. The van der Waals surface area contributed by atoms with E-state index >= 15 is 0 Å². The molecule has 0 amide bonds. The molecular weight excluding hydrogens is 292 g/mol. The smallest absolute Gasteiger partial charge is 0.0446 e. The van der Waals surface area contributed by atoms with Crippen LogP contribution >= 0.6 is 15.9 Å². The number of hydrogen-bond acceptors (Lipinski definition) is 3. The molecule has 1 aromatic rings. The summed E-state index contributed by atoms with van der Waals surface area (Å²) in [5.41, 5.74) is 2.53. The quantitative estimate of drug-likeness (QED) is 0.927. The van der Waals surface area contributed by atoms with Crippen LogP contribution in [0, 0.1) is 6.92 Å². The van der Waals surface area contributed by atoms with Crippen molar-refractivity contribution in [2.75, 3.05) is 38.2 Å². The zero-order chi connectivity index (χ0) is 13.1. The van der Waals surface area contributed by atoms with E-state index in [0.29, 0.717) is 6.04 Å². The summed E-state index contributed by atoms with van der Waals surface area (Å²) in [5, 5.41) is 9.12. The first kappa shape index (κ1) is 13.8. The lowest BCUT2D eigenvalue weighted by atomic mass is 10.1. The Morgan fingerprint density at radius 1 is 1.39 bits per heavy atom. The Bertz CT molecular complexity index is 411. The molecule has 1 heterocycles. The lowest BCUT2D eigenvalue weighted by Gasteiger charge is -2.40. The molecule has 1 aliphatic rings. The highest BCUT2D eigenvalue weighted by Gasteiger charge is 2.24. The normalized spacial score (nSPS) is 21.3. The van der Waals surface area contributed by atoms with E-state index in [0.717, 1.165) is 30.5 Å². The van der Waals surface area contributed by atoms with Gasteiger partial charge in [0.15, 0.2) is 0 Å². The van der Waals surface area contributed by atoms with Crippen molar-refractivity contribution < 1.29 is 5.11 Å². The van der Waals surface area contributed by atoms with Gasteiger partial charge in [-0.25, -0.2) is 0 Å². The summed E-state index contributed by atoms with van der Waals surface area (Å²) in [6.07, 6.45) is 0.847. The molecule has 0 aromatic heterocycles. The second-order valence-corrected chi connectivity index (χ2v) is 5.88. The molecule has 1 aromatic carbocycles. The van der Waals surface area contributed by atoms with Crippen LogP contribution in [0.25, 0.3) is 0 Å². The molecular formula is C14H21BrN2O. The summed E-state index contributed by atoms with van der Waals surface area (Å²) in [7, 11) is 2.14. The molecule has 4 heteroatoms. The maximum atomic E-state index is 9.12. The topological polar surface area (TPSA) is 26.7 Å². The molecule has 2 rings (SSSR count). The van der Waals surface area contributed by atoms with Crippen molar-refractivity contribution in [1.29, 1.82) is 0 Å². The van der Waals surface area contributed by atoms with Crippen molar-refractivity contribution in [2.45, 2.75) is 19.4 Å². The van der Waals surface area contributed by atoms with Gasteiger partial charge in [-0.1, -0.05) is 22.0 Å². The summed E-state index contributed by atoms with van der Waals surface area (Å²) in [6.45, 7) is 5.46. The lowest BCUT2D eigenvalue weighted by Crippen LogP contribution is -2.51. The summed E-state index contributed by atoms with van der Waals surface area (Å²) in [5.74, 6) is 0. The first-order chi connectivity index (χ1) is 8.61. The molecule has 0 spiro atoms. The van der Waals surface area contributed by atoms with Gasteiger partial charge in [0.05, 0.1) is 0 Å². The van der Waals surface area contributed by atoms with E-state index in [1.165, 1.54) is 11.3 Å². The van der Waals surface area contributed by atoms with E-state index in [1.54, 1.807) is 0 Å². The van der Waals surface area contributed by atoms with Crippen LogP contribution < -0.4 is 4.90 Å². The van der Waals surface area contributed by atoms with Crippen LogP contribution in [-0.4, -0.2) is 49.3 Å². The average molecular weight is 313 g/mol. The Hall–Kier alpha value is -0.580. The summed E-state index contributed by atoms with van der Waals surface area (Å²) >= 11 is 3.59. The fourth-order valence-corrected chi connectivity index (χ4v) is 2.79. The van der Waals surface area contributed by atoms with Gasteiger partial charge in [-0.3, -0.25) is 4.90 Å². The standard InChI is InChI=1S/C14H21BrN2O/c1-11-3-4-12(9-14(11)15)17-7-6-16(2)13(10-17)5-8-18/h3-4,9,13,18H,5-8,10H2,1-2H3. The third-order valence-electron chi connectivity index (χ3n) is 3.76. The van der Waals surface area contributed by atoms with Gasteiger partial charge in [-0.05, 0) is 38.1 Å². The number of hydrogen-bond donors (Lipinski definition) is 1. The lowest BCUT2D eigenvalue weighted by molar-refractivity contribution is 0.171. The van der Waals surface area contributed by atoms with Crippen LogP contribution in [0.5, 0.6) is 0 Å². The maximum absolute atomic E-state index is 9.12. The van der Waals surface area contributed by atoms with Gasteiger partial charge in [0.2, 0.25) is 0 Å². The fourth-order valence-electron chi connectivity index (χ4n) is 2.42. The molecule has 1 N–H and O–H groups in total. The predicted octanol–water partition coefficient (Wildman–Crippen LogP) is 2.26. The number of aryl methyl sites for hydroxylation is 1. The SMILES string of the molecule is Cc1ccc(N2CCN(C)C(CCO)C2)cc1Br. The van der Waals surface area contributed by atoms with E-state index in [4.69, 9.17) is 5.11 Å². The third-order valence-corrected chi connectivity index (χ3v) is 4.61. The van der Waals surface area contributed by atoms with Gasteiger partial charge < -0.3 is 10.0 Å². The van der Waals surface area contributed by atoms with Crippen LogP contribution in [0.3, 0.4) is 0 Å². The largest absolute Gasteiger partial charge is 0.396 e. The van der Waals surface area contributed by atoms with Crippen LogP contribution in [0.2, 0.25) is 0 Å². The van der Waals surface area contributed by atoms with Crippen molar-refractivity contribution in [2.24, 2.45) is 0 Å². The molecule has 1 saturated heterocycles. The van der Waals surface area contributed by atoms with Gasteiger partial charge >= 0.3 is 0 Å². The maximum Gasteiger partial charge on any atom is 0.0446 e. The number of aliphatic hydroxyl groups excluding tert-OH is 1. The van der Waals surface area contributed by atoms with E-state index in [-0.39, 0.29) is 6.61 Å². The molecule has 0 aliphatic carbocycles. The molecule has 1 fully saturated rings. The van der Waals surface area contributed by atoms with Crippen LogP contribution in [0.15, 0.2) is 22.7 Å². The molecule has 1 atom stereocenters. The number of anilines is 1. The molecule has 3 nitrogen and oxygen atoms in total. The summed E-state index contributed by atoms with van der Waals surface area (Å²) < 4.78 is 1.16. The first-order valence-corrected chi connectivity index (χ1v) is 7.23. The summed E-state index contributed by atoms with van der Waals surface area (Å²) in [6, 6.07) is 6.97. The van der Waals surface area contributed by atoms with Crippen molar-refractivity contribution in [1.82, 2.24) is 4.90 Å². The van der Waals surface area contributed by atoms with Crippen molar-refractivity contribution >= 4 is 21.6 Å². The van der Waals surface area contributed by atoms with Crippen molar-refractivity contribution in [3.8, 4) is 0 Å². The number of aliphatic hydroxyl groups is 1. The highest BCUT2D eigenvalue weighted by molar-refractivity contribution is 9.10. The number of piperazine rings is 1. The van der Waals surface area contributed by atoms with Crippen molar-refractivity contribution in [3.05, 3.63) is 28.2 Å². The summed E-state index contributed by atoms with van der Waals surface area (Å²) in [4.78, 5) is 4.75. The Labute approximate surface area is 118 Å². The number of rotatable bonds is 3. The molecule has 0 saturated carbocycles. The number of halogens is 1. The number of nitrogens with zero attached hydrogens (tertiary/aromatic N) is 2. The minimum absolute atomic E-state index is 0.264. The second kappa shape index (κ2) is 6.04. The number of likely N-dealkylation sites (N-methyl/N-ethyl adjacent to an activating group) is 1. The van der Waals surface area contributed by atoms with E-state index in [9.17, 15) is 0 Å². The number of benzene rings is 1. The van der Waals surface area contributed by atoms with E-state index in [1.807, 2.05) is 0 Å². The molecule has 0 bridgehead atoms. The van der Waals surface area contributed by atoms with Crippen LogP contribution in [-0.2, 0) is 0 Å². The zero-order valence-electron chi connectivity index (χ0n) is 11.1. The molecule has 1 aliphatic heterocycles. The van der Waals surface area contributed by atoms with E-state index < -0.39 is 0 Å². The third kappa shape index (κ3) is 3.05. The van der Waals surface area contributed by atoms with E-state index in [2.05, 4.69) is 57.9 Å². The fraction of sp³-hybridized carbons (Fsp3) is 0.571. The molecule has 18 heavy (non-hydrogen) atoms. The van der Waals surface area contributed by atoms with Gasteiger partial charge in [0, 0.05) is 42.4 Å². The minimum atomic E-state index is 0.264. The highest BCUT2D eigenvalue weighted by atomic mass is 79.9. The van der Waals surface area contributed by atoms with Gasteiger partial charge in [0.1, 0.15) is 0 Å². The Kier molecular flexibility index (Phi) is 4.65. The molecule has 100 valence electrons. The average Bonchev–Trinajstić information content (AvgIpc) is 2.36. The van der Waals surface area contributed by atoms with Gasteiger partial charge in [-0.15, -0.1) is 0 Å². The van der Waals surface area contributed by atoms with Crippen LogP contribution in [0.4, 0.5) is 5.69 Å². The highest BCUT2D eigenvalue weighted by Crippen LogP contribution is 2.25. The minimum Gasteiger partial charge on any atom is -0.396 e.